The Morgan fingerprint density at radius 2 is 1.55 bits per heavy atom. The van der Waals surface area contributed by atoms with Crippen LogP contribution in [0.1, 0.15) is 33.3 Å². The van der Waals surface area contributed by atoms with Gasteiger partial charge in [-0.2, -0.15) is 0 Å². The molecule has 1 fully saturated rings. The zero-order valence-corrected chi connectivity index (χ0v) is 13.2. The Kier molecular flexibility index (Phi) is 5.25. The molecule has 1 aliphatic rings. The zero-order valence-electron chi connectivity index (χ0n) is 12.4. The van der Waals surface area contributed by atoms with E-state index in [1.165, 1.54) is 12.1 Å². The van der Waals surface area contributed by atoms with E-state index in [9.17, 15) is 4.39 Å². The van der Waals surface area contributed by atoms with Crippen LogP contribution in [0.2, 0.25) is 0 Å². The molecule has 0 saturated carbocycles. The predicted molar refractivity (Wildman–Crippen MR) is 81.4 cm³/mol. The van der Waals surface area contributed by atoms with Crippen molar-refractivity contribution in [2.24, 2.45) is 5.73 Å². The molecule has 1 aromatic carbocycles. The van der Waals surface area contributed by atoms with E-state index in [0.29, 0.717) is 6.42 Å². The van der Waals surface area contributed by atoms with E-state index < -0.39 is 7.12 Å². The minimum absolute atomic E-state index is 0. The first-order chi connectivity index (χ1) is 8.71. The van der Waals surface area contributed by atoms with Crippen LogP contribution in [0.3, 0.4) is 0 Å². The summed E-state index contributed by atoms with van der Waals surface area (Å²) in [6, 6.07) is 6.35. The molecule has 112 valence electrons. The van der Waals surface area contributed by atoms with Crippen molar-refractivity contribution in [1.82, 2.24) is 0 Å². The molecule has 0 aliphatic carbocycles. The Morgan fingerprint density at radius 3 is 2.00 bits per heavy atom. The molecule has 2 rings (SSSR count). The van der Waals surface area contributed by atoms with Crippen molar-refractivity contribution in [3.8, 4) is 0 Å². The average molecular weight is 302 g/mol. The third kappa shape index (κ3) is 3.53. The van der Waals surface area contributed by atoms with Crippen molar-refractivity contribution in [2.45, 2.75) is 51.3 Å². The van der Waals surface area contributed by atoms with E-state index in [-0.39, 0.29) is 35.4 Å². The Bertz CT molecular complexity index is 437. The van der Waals surface area contributed by atoms with Crippen molar-refractivity contribution >= 4 is 19.5 Å². The molecule has 0 spiro atoms. The normalized spacial score (nSPS) is 21.4. The first kappa shape index (κ1) is 17.4. The lowest BCUT2D eigenvalue weighted by Gasteiger charge is -2.32. The summed E-state index contributed by atoms with van der Waals surface area (Å²) in [6.07, 6.45) is 0.594. The number of halogens is 2. The summed E-state index contributed by atoms with van der Waals surface area (Å²) in [6.45, 7) is 7.99. The fraction of sp³-hybridized carbons (Fsp3) is 0.571. The van der Waals surface area contributed by atoms with Crippen molar-refractivity contribution in [1.29, 1.82) is 0 Å². The van der Waals surface area contributed by atoms with Gasteiger partial charge in [-0.05, 0) is 51.8 Å². The Labute approximate surface area is 126 Å². The van der Waals surface area contributed by atoms with Crippen molar-refractivity contribution < 1.29 is 13.7 Å². The monoisotopic (exact) mass is 301 g/mol. The van der Waals surface area contributed by atoms with Gasteiger partial charge in [0.2, 0.25) is 0 Å². The maximum absolute atomic E-state index is 12.8. The molecule has 0 bridgehead atoms. The minimum atomic E-state index is -0.435. The van der Waals surface area contributed by atoms with E-state index in [1.807, 2.05) is 27.7 Å². The fourth-order valence-corrected chi connectivity index (χ4v) is 2.05. The number of benzene rings is 1. The summed E-state index contributed by atoms with van der Waals surface area (Å²) < 4.78 is 24.6. The number of nitrogens with two attached hydrogens (primary N) is 1. The average Bonchev–Trinajstić information content (AvgIpc) is 2.51. The van der Waals surface area contributed by atoms with E-state index in [2.05, 4.69) is 0 Å². The molecule has 3 nitrogen and oxygen atoms in total. The lowest BCUT2D eigenvalue weighted by molar-refractivity contribution is 0.00578. The molecule has 1 heterocycles. The first-order valence-corrected chi connectivity index (χ1v) is 6.57. The van der Waals surface area contributed by atoms with Gasteiger partial charge in [0.05, 0.1) is 11.2 Å². The van der Waals surface area contributed by atoms with Gasteiger partial charge in [-0.15, -0.1) is 12.4 Å². The summed E-state index contributed by atoms with van der Waals surface area (Å²) in [5.41, 5.74) is 6.37. The van der Waals surface area contributed by atoms with Gasteiger partial charge in [-0.3, -0.25) is 0 Å². The van der Waals surface area contributed by atoms with Crippen LogP contribution in [0, 0.1) is 5.82 Å². The molecular weight excluding hydrogens is 279 g/mol. The van der Waals surface area contributed by atoms with Crippen LogP contribution in [0.25, 0.3) is 0 Å². The molecule has 0 amide bonds. The summed E-state index contributed by atoms with van der Waals surface area (Å²) in [7, 11) is -0.435. The van der Waals surface area contributed by atoms with E-state index in [1.54, 1.807) is 12.1 Å². The maximum atomic E-state index is 12.8. The second-order valence-electron chi connectivity index (χ2n) is 6.12. The highest BCUT2D eigenvalue weighted by Crippen LogP contribution is 2.37. The number of rotatable bonds is 3. The van der Waals surface area contributed by atoms with Crippen LogP contribution >= 0.6 is 12.4 Å². The smallest absolute Gasteiger partial charge is 0.402 e. The lowest BCUT2D eigenvalue weighted by Crippen LogP contribution is -2.43. The Hall–Kier alpha value is -0.615. The Morgan fingerprint density at radius 1 is 1.10 bits per heavy atom. The van der Waals surface area contributed by atoms with Gasteiger partial charge >= 0.3 is 7.12 Å². The van der Waals surface area contributed by atoms with E-state index >= 15 is 0 Å². The van der Waals surface area contributed by atoms with Crippen molar-refractivity contribution in [2.75, 3.05) is 0 Å². The molecule has 0 unspecified atom stereocenters. The van der Waals surface area contributed by atoms with Crippen LogP contribution in [0.15, 0.2) is 24.3 Å². The summed E-state index contributed by atoms with van der Waals surface area (Å²) in [5, 5.41) is 0. The van der Waals surface area contributed by atoms with Crippen LogP contribution < -0.4 is 5.73 Å². The molecule has 1 aliphatic heterocycles. The highest BCUT2D eigenvalue weighted by Gasteiger charge is 2.52. The fourth-order valence-electron chi connectivity index (χ4n) is 2.05. The third-order valence-electron chi connectivity index (χ3n) is 4.01. The molecule has 0 radical (unpaired) electrons. The predicted octanol–water partition coefficient (Wildman–Crippen LogP) is 2.75. The second kappa shape index (κ2) is 6.02. The summed E-state index contributed by atoms with van der Waals surface area (Å²) in [5.74, 6) is -0.514. The van der Waals surface area contributed by atoms with Gasteiger partial charge in [-0.25, -0.2) is 4.39 Å². The molecule has 1 atom stereocenters. The van der Waals surface area contributed by atoms with Gasteiger partial charge in [0.25, 0.3) is 0 Å². The van der Waals surface area contributed by atoms with Crippen LogP contribution in [0.4, 0.5) is 4.39 Å². The first-order valence-electron chi connectivity index (χ1n) is 6.57. The standard InChI is InChI=1S/C14H21BFNO2.ClH/c1-13(2)14(3,4)19-15(18-13)12(17)9-10-5-7-11(16)8-6-10;/h5-8,12H,9,17H2,1-4H3;1H/t12-;/m1./s1. The minimum Gasteiger partial charge on any atom is -0.402 e. The van der Waals surface area contributed by atoms with Gasteiger partial charge < -0.3 is 15.0 Å². The largest absolute Gasteiger partial charge is 0.476 e. The van der Waals surface area contributed by atoms with Gasteiger partial charge in [0.15, 0.2) is 0 Å². The lowest BCUT2D eigenvalue weighted by atomic mass is 9.75. The van der Waals surface area contributed by atoms with Crippen LogP contribution in [-0.4, -0.2) is 24.3 Å². The zero-order chi connectivity index (χ0) is 14.3. The van der Waals surface area contributed by atoms with E-state index in [4.69, 9.17) is 15.0 Å². The van der Waals surface area contributed by atoms with Crippen LogP contribution in [-0.2, 0) is 15.7 Å². The summed E-state index contributed by atoms with van der Waals surface area (Å²) >= 11 is 0. The molecule has 0 aromatic heterocycles. The maximum Gasteiger partial charge on any atom is 0.476 e. The highest BCUT2D eigenvalue weighted by atomic mass is 35.5. The molecule has 1 saturated heterocycles. The SMILES string of the molecule is CC1(C)OB([C@H](N)Cc2ccc(F)cc2)OC1(C)C.Cl. The third-order valence-corrected chi connectivity index (χ3v) is 4.01. The molecule has 2 N–H and O–H groups in total. The van der Waals surface area contributed by atoms with Crippen LogP contribution in [0.5, 0.6) is 0 Å². The van der Waals surface area contributed by atoms with Gasteiger partial charge in [0.1, 0.15) is 5.82 Å². The summed E-state index contributed by atoms with van der Waals surface area (Å²) in [4.78, 5) is 0. The van der Waals surface area contributed by atoms with Crippen molar-refractivity contribution in [3.63, 3.8) is 0 Å². The number of hydrogen-bond donors (Lipinski definition) is 1. The molecule has 6 heteroatoms. The molecular formula is C14H22BClFNO2. The topological polar surface area (TPSA) is 44.5 Å². The molecule has 20 heavy (non-hydrogen) atoms. The molecule has 1 aromatic rings. The highest BCUT2D eigenvalue weighted by molar-refractivity contribution is 6.47. The van der Waals surface area contributed by atoms with Crippen molar-refractivity contribution in [3.05, 3.63) is 35.6 Å². The van der Waals surface area contributed by atoms with Gasteiger partial charge in [-0.1, -0.05) is 12.1 Å². The Balaban J connectivity index is 0.00000200. The van der Waals surface area contributed by atoms with Gasteiger partial charge in [0, 0.05) is 5.94 Å². The quantitative estimate of drug-likeness (QED) is 0.873. The number of hydrogen-bond acceptors (Lipinski definition) is 3. The second-order valence-corrected chi connectivity index (χ2v) is 6.12. The van der Waals surface area contributed by atoms with E-state index in [0.717, 1.165) is 5.56 Å².